The Balaban J connectivity index is 3.74. The zero-order chi connectivity index (χ0) is 9.56. The summed E-state index contributed by atoms with van der Waals surface area (Å²) in [4.78, 5) is 10.9. The Kier molecular flexibility index (Phi) is 5.72. The Bertz CT molecular complexity index is 134. The highest BCUT2D eigenvalue weighted by molar-refractivity contribution is 5.69. The molecular formula is C9H19NO2. The molecule has 0 aromatic carbocycles. The molecule has 0 radical (unpaired) electrons. The number of nitrogens with two attached hydrogens (primary N) is 1. The van der Waals surface area contributed by atoms with Crippen molar-refractivity contribution in [3.8, 4) is 0 Å². The fourth-order valence-corrected chi connectivity index (χ4v) is 1.25. The van der Waals surface area contributed by atoms with Gasteiger partial charge in [0.05, 0.1) is 7.11 Å². The number of hydrogen-bond donors (Lipinski definition) is 1. The van der Waals surface area contributed by atoms with Gasteiger partial charge in [-0.1, -0.05) is 13.8 Å². The van der Waals surface area contributed by atoms with Gasteiger partial charge in [0.2, 0.25) is 0 Å². The first-order valence-corrected chi connectivity index (χ1v) is 4.37. The highest BCUT2D eigenvalue weighted by atomic mass is 16.5. The van der Waals surface area contributed by atoms with Gasteiger partial charge in [-0.3, -0.25) is 4.79 Å². The summed E-state index contributed by atoms with van der Waals surface area (Å²) in [5, 5.41) is 0. The number of hydrogen-bond acceptors (Lipinski definition) is 3. The van der Waals surface area contributed by atoms with Crippen LogP contribution in [-0.4, -0.2) is 19.6 Å². The van der Waals surface area contributed by atoms with Crippen molar-refractivity contribution >= 4 is 5.97 Å². The van der Waals surface area contributed by atoms with Gasteiger partial charge < -0.3 is 10.5 Å². The summed E-state index contributed by atoms with van der Waals surface area (Å²) >= 11 is 0. The highest BCUT2D eigenvalue weighted by Gasteiger charge is 2.13. The summed E-state index contributed by atoms with van der Waals surface area (Å²) < 4.78 is 4.57. The van der Waals surface area contributed by atoms with Crippen LogP contribution in [0, 0.1) is 11.8 Å². The van der Waals surface area contributed by atoms with Crippen LogP contribution in [0.25, 0.3) is 0 Å². The van der Waals surface area contributed by atoms with Crippen molar-refractivity contribution in [1.82, 2.24) is 0 Å². The number of ether oxygens (including phenoxy) is 1. The molecule has 0 aliphatic carbocycles. The van der Waals surface area contributed by atoms with Crippen molar-refractivity contribution in [2.45, 2.75) is 26.7 Å². The molecule has 3 nitrogen and oxygen atoms in total. The summed E-state index contributed by atoms with van der Waals surface area (Å²) in [5.74, 6) is 0.701. The molecule has 0 fully saturated rings. The van der Waals surface area contributed by atoms with Crippen molar-refractivity contribution in [2.75, 3.05) is 13.7 Å². The van der Waals surface area contributed by atoms with Crippen LogP contribution < -0.4 is 5.73 Å². The van der Waals surface area contributed by atoms with Crippen LogP contribution in [0.5, 0.6) is 0 Å². The lowest BCUT2D eigenvalue weighted by atomic mass is 9.94. The van der Waals surface area contributed by atoms with Gasteiger partial charge >= 0.3 is 5.97 Å². The third-order valence-electron chi connectivity index (χ3n) is 1.82. The molecule has 0 bridgehead atoms. The summed E-state index contributed by atoms with van der Waals surface area (Å²) in [6.45, 7) is 4.81. The van der Waals surface area contributed by atoms with Gasteiger partial charge in [0.15, 0.2) is 0 Å². The van der Waals surface area contributed by atoms with Gasteiger partial charge in [-0.05, 0) is 24.8 Å². The Hall–Kier alpha value is -0.570. The van der Waals surface area contributed by atoms with E-state index >= 15 is 0 Å². The van der Waals surface area contributed by atoms with Crippen LogP contribution in [-0.2, 0) is 9.53 Å². The van der Waals surface area contributed by atoms with E-state index in [4.69, 9.17) is 5.73 Å². The molecule has 0 aromatic rings. The second-order valence-electron chi connectivity index (χ2n) is 3.51. The third kappa shape index (κ3) is 5.13. The van der Waals surface area contributed by atoms with Crippen LogP contribution in [0.2, 0.25) is 0 Å². The smallest absolute Gasteiger partial charge is 0.305 e. The molecule has 0 rings (SSSR count). The average molecular weight is 173 g/mol. The van der Waals surface area contributed by atoms with E-state index in [1.807, 2.05) is 0 Å². The van der Waals surface area contributed by atoms with Gasteiger partial charge in [0.1, 0.15) is 0 Å². The molecule has 0 unspecified atom stereocenters. The van der Waals surface area contributed by atoms with E-state index in [1.54, 1.807) is 0 Å². The summed E-state index contributed by atoms with van der Waals surface area (Å²) in [5.41, 5.74) is 5.52. The maximum atomic E-state index is 10.9. The highest BCUT2D eigenvalue weighted by Crippen LogP contribution is 2.14. The second kappa shape index (κ2) is 6.00. The molecule has 0 spiro atoms. The number of carbonyl (C=O) groups is 1. The lowest BCUT2D eigenvalue weighted by Gasteiger charge is -2.15. The molecule has 0 heterocycles. The zero-order valence-corrected chi connectivity index (χ0v) is 8.17. The average Bonchev–Trinajstić information content (AvgIpc) is 2.02. The summed E-state index contributed by atoms with van der Waals surface area (Å²) in [7, 11) is 1.41. The van der Waals surface area contributed by atoms with E-state index in [0.29, 0.717) is 18.9 Å². The van der Waals surface area contributed by atoms with Crippen LogP contribution >= 0.6 is 0 Å². The molecule has 0 saturated heterocycles. The molecule has 0 aromatic heterocycles. The Labute approximate surface area is 74.3 Å². The predicted molar refractivity (Wildman–Crippen MR) is 48.6 cm³/mol. The second-order valence-corrected chi connectivity index (χ2v) is 3.51. The van der Waals surface area contributed by atoms with E-state index in [-0.39, 0.29) is 11.9 Å². The number of carbonyl (C=O) groups excluding carboxylic acids is 1. The minimum atomic E-state index is -0.161. The molecule has 0 saturated carbocycles. The van der Waals surface area contributed by atoms with E-state index in [9.17, 15) is 4.79 Å². The first-order valence-electron chi connectivity index (χ1n) is 4.37. The Morgan fingerprint density at radius 2 is 2.08 bits per heavy atom. The minimum Gasteiger partial charge on any atom is -0.469 e. The van der Waals surface area contributed by atoms with Crippen LogP contribution in [0.3, 0.4) is 0 Å². The van der Waals surface area contributed by atoms with Crippen LogP contribution in [0.1, 0.15) is 26.7 Å². The predicted octanol–water partition coefficient (Wildman–Crippen LogP) is 1.17. The molecule has 3 heteroatoms. The van der Waals surface area contributed by atoms with Crippen LogP contribution in [0.15, 0.2) is 0 Å². The standard InChI is InChI=1S/C9H19NO2/c1-7(2)4-8(6-10)5-9(11)12-3/h7-8H,4-6,10H2,1-3H3/t8-/m0/s1. The molecule has 12 heavy (non-hydrogen) atoms. The molecule has 72 valence electrons. The van der Waals surface area contributed by atoms with Crippen molar-refractivity contribution in [1.29, 1.82) is 0 Å². The quantitative estimate of drug-likeness (QED) is 0.635. The van der Waals surface area contributed by atoms with Crippen LogP contribution in [0.4, 0.5) is 0 Å². The monoisotopic (exact) mass is 173 g/mol. The Morgan fingerprint density at radius 1 is 1.50 bits per heavy atom. The maximum Gasteiger partial charge on any atom is 0.305 e. The first-order chi connectivity index (χ1) is 5.60. The molecular weight excluding hydrogens is 154 g/mol. The lowest BCUT2D eigenvalue weighted by molar-refractivity contribution is -0.141. The fourth-order valence-electron chi connectivity index (χ4n) is 1.25. The van der Waals surface area contributed by atoms with E-state index in [1.165, 1.54) is 7.11 Å². The largest absolute Gasteiger partial charge is 0.469 e. The number of methoxy groups -OCH3 is 1. The SMILES string of the molecule is COC(=O)C[C@@H](CN)CC(C)C. The van der Waals surface area contributed by atoms with Crippen molar-refractivity contribution in [3.05, 3.63) is 0 Å². The van der Waals surface area contributed by atoms with Gasteiger partial charge in [-0.2, -0.15) is 0 Å². The van der Waals surface area contributed by atoms with Crippen molar-refractivity contribution < 1.29 is 9.53 Å². The molecule has 1 atom stereocenters. The third-order valence-corrected chi connectivity index (χ3v) is 1.82. The minimum absolute atomic E-state index is 0.161. The fraction of sp³-hybridized carbons (Fsp3) is 0.889. The summed E-state index contributed by atoms with van der Waals surface area (Å²) in [6, 6.07) is 0. The Morgan fingerprint density at radius 3 is 2.42 bits per heavy atom. The number of esters is 1. The molecule has 2 N–H and O–H groups in total. The van der Waals surface area contributed by atoms with E-state index in [0.717, 1.165) is 6.42 Å². The van der Waals surface area contributed by atoms with Crippen molar-refractivity contribution in [3.63, 3.8) is 0 Å². The molecule has 0 aliphatic heterocycles. The van der Waals surface area contributed by atoms with E-state index in [2.05, 4.69) is 18.6 Å². The lowest BCUT2D eigenvalue weighted by Crippen LogP contribution is -2.20. The van der Waals surface area contributed by atoms with Gasteiger partial charge in [-0.15, -0.1) is 0 Å². The zero-order valence-electron chi connectivity index (χ0n) is 8.17. The molecule has 0 aliphatic rings. The van der Waals surface area contributed by atoms with Gasteiger partial charge in [0, 0.05) is 6.42 Å². The van der Waals surface area contributed by atoms with Crippen molar-refractivity contribution in [2.24, 2.45) is 17.6 Å². The first kappa shape index (κ1) is 11.4. The topological polar surface area (TPSA) is 52.3 Å². The normalized spacial score (nSPS) is 13.1. The van der Waals surface area contributed by atoms with E-state index < -0.39 is 0 Å². The molecule has 0 amide bonds. The summed E-state index contributed by atoms with van der Waals surface area (Å²) in [6.07, 6.45) is 1.44. The van der Waals surface area contributed by atoms with Gasteiger partial charge in [0.25, 0.3) is 0 Å². The maximum absolute atomic E-state index is 10.9. The number of rotatable bonds is 5. The van der Waals surface area contributed by atoms with Gasteiger partial charge in [-0.25, -0.2) is 0 Å².